The van der Waals surface area contributed by atoms with Crippen LogP contribution in [0.3, 0.4) is 0 Å². The number of hydrogen-bond donors (Lipinski definition) is 3. The number of fused-ring (bicyclic) bond motifs is 2. The molecule has 2 aromatic heterocycles. The third kappa shape index (κ3) is 3.13. The van der Waals surface area contributed by atoms with Crippen LogP contribution < -0.4 is 15.4 Å². The molecule has 1 atom stereocenters. The molecule has 25 heavy (non-hydrogen) atoms. The van der Waals surface area contributed by atoms with Crippen molar-refractivity contribution in [2.24, 2.45) is 0 Å². The van der Waals surface area contributed by atoms with Crippen LogP contribution in [0.1, 0.15) is 23.7 Å². The number of nitrogens with one attached hydrogen (secondary N) is 3. The summed E-state index contributed by atoms with van der Waals surface area (Å²) in [5.74, 6) is 1.13. The summed E-state index contributed by atoms with van der Waals surface area (Å²) in [6.07, 6.45) is 0.684. The molecular weight excluding hydrogens is 340 g/mol. The van der Waals surface area contributed by atoms with E-state index in [1.165, 1.54) is 0 Å². The predicted octanol–water partition coefficient (Wildman–Crippen LogP) is 4.17. The summed E-state index contributed by atoms with van der Waals surface area (Å²) < 4.78 is 5.61. The molecule has 4 rings (SSSR count). The molecule has 0 saturated carbocycles. The smallest absolute Gasteiger partial charge is 0.320 e. The van der Waals surface area contributed by atoms with E-state index in [2.05, 4.69) is 20.6 Å². The van der Waals surface area contributed by atoms with Gasteiger partial charge in [0.1, 0.15) is 17.2 Å². The van der Waals surface area contributed by atoms with Crippen LogP contribution in [-0.4, -0.2) is 22.6 Å². The van der Waals surface area contributed by atoms with Gasteiger partial charge in [-0.05, 0) is 31.2 Å². The first kappa shape index (κ1) is 15.8. The van der Waals surface area contributed by atoms with E-state index in [1.54, 1.807) is 12.1 Å². The number of aryl methyl sites for hydroxylation is 1. The van der Waals surface area contributed by atoms with Crippen LogP contribution in [0.25, 0.3) is 11.0 Å². The number of benzene rings is 1. The third-order valence-electron chi connectivity index (χ3n) is 4.19. The van der Waals surface area contributed by atoms with Gasteiger partial charge in [0.05, 0.1) is 17.7 Å². The number of carbonyl (C=O) groups is 1. The molecule has 0 aliphatic carbocycles. The molecule has 1 aliphatic heterocycles. The zero-order valence-electron chi connectivity index (χ0n) is 13.6. The number of ether oxygens (including phenoxy) is 1. The van der Waals surface area contributed by atoms with Gasteiger partial charge in [-0.25, -0.2) is 9.78 Å². The standard InChI is InChI=1S/C18H17ClN4O2/c1-10-9-11-5-6-15(22-17(11)20-10)23-18(24)21-14-7-8-25-16-12(14)3-2-4-13(16)19/h2-6,9,14H,7-8H2,1H3,(H3,20,21,22,23,24)/t14-/m0/s1. The van der Waals surface area contributed by atoms with Crippen molar-refractivity contribution in [2.75, 3.05) is 11.9 Å². The monoisotopic (exact) mass is 356 g/mol. The highest BCUT2D eigenvalue weighted by Crippen LogP contribution is 2.37. The Morgan fingerprint density at radius 3 is 3.12 bits per heavy atom. The number of amides is 2. The molecule has 0 radical (unpaired) electrons. The van der Waals surface area contributed by atoms with Crippen molar-refractivity contribution in [3.63, 3.8) is 0 Å². The molecule has 3 aromatic rings. The Morgan fingerprint density at radius 1 is 1.36 bits per heavy atom. The van der Waals surface area contributed by atoms with Gasteiger partial charge in [0.15, 0.2) is 0 Å². The van der Waals surface area contributed by atoms with Gasteiger partial charge in [-0.15, -0.1) is 0 Å². The van der Waals surface area contributed by atoms with Gasteiger partial charge in [0, 0.05) is 23.1 Å². The van der Waals surface area contributed by atoms with E-state index in [0.29, 0.717) is 29.6 Å². The summed E-state index contributed by atoms with van der Waals surface area (Å²) in [4.78, 5) is 19.9. The van der Waals surface area contributed by atoms with Crippen molar-refractivity contribution in [3.05, 3.63) is 52.7 Å². The molecular formula is C18H17ClN4O2. The average molecular weight is 357 g/mol. The van der Waals surface area contributed by atoms with Crippen LogP contribution >= 0.6 is 11.6 Å². The molecule has 0 spiro atoms. The lowest BCUT2D eigenvalue weighted by molar-refractivity contribution is 0.232. The van der Waals surface area contributed by atoms with Crippen molar-refractivity contribution >= 4 is 34.5 Å². The Morgan fingerprint density at radius 2 is 2.24 bits per heavy atom. The number of halogens is 1. The Labute approximate surface area is 149 Å². The van der Waals surface area contributed by atoms with E-state index >= 15 is 0 Å². The van der Waals surface area contributed by atoms with Gasteiger partial charge in [0.25, 0.3) is 0 Å². The second-order valence-electron chi connectivity index (χ2n) is 6.03. The van der Waals surface area contributed by atoms with Crippen molar-refractivity contribution in [1.82, 2.24) is 15.3 Å². The van der Waals surface area contributed by atoms with E-state index in [9.17, 15) is 4.79 Å². The second kappa shape index (κ2) is 6.29. The van der Waals surface area contributed by atoms with Crippen molar-refractivity contribution < 1.29 is 9.53 Å². The minimum absolute atomic E-state index is 0.154. The molecule has 1 aromatic carbocycles. The number of carbonyl (C=O) groups excluding carboxylic acids is 1. The van der Waals surface area contributed by atoms with Gasteiger partial charge in [-0.3, -0.25) is 5.32 Å². The van der Waals surface area contributed by atoms with Crippen LogP contribution in [0.15, 0.2) is 36.4 Å². The van der Waals surface area contributed by atoms with E-state index < -0.39 is 0 Å². The fourth-order valence-corrected chi connectivity index (χ4v) is 3.30. The number of H-pyrrole nitrogens is 1. The SMILES string of the molecule is Cc1cc2ccc(NC(=O)N[C@H]3CCOc4c(Cl)cccc43)nc2[nH]1. The molecule has 128 valence electrons. The summed E-state index contributed by atoms with van der Waals surface area (Å²) in [6.45, 7) is 2.48. The number of aromatic amines is 1. The maximum absolute atomic E-state index is 12.4. The molecule has 3 heterocycles. The normalized spacial score (nSPS) is 16.2. The molecule has 3 N–H and O–H groups in total. The number of aromatic nitrogens is 2. The zero-order valence-corrected chi connectivity index (χ0v) is 14.4. The van der Waals surface area contributed by atoms with Crippen molar-refractivity contribution in [1.29, 1.82) is 0 Å². The minimum atomic E-state index is -0.312. The lowest BCUT2D eigenvalue weighted by Gasteiger charge is -2.27. The second-order valence-corrected chi connectivity index (χ2v) is 6.44. The van der Waals surface area contributed by atoms with Crippen LogP contribution in [0.5, 0.6) is 5.75 Å². The highest BCUT2D eigenvalue weighted by atomic mass is 35.5. The fraction of sp³-hybridized carbons (Fsp3) is 0.222. The largest absolute Gasteiger partial charge is 0.492 e. The van der Waals surface area contributed by atoms with Gasteiger partial charge in [0.2, 0.25) is 0 Å². The molecule has 2 amide bonds. The Kier molecular flexibility index (Phi) is 3.97. The molecule has 7 heteroatoms. The molecule has 0 saturated heterocycles. The third-order valence-corrected chi connectivity index (χ3v) is 4.48. The number of rotatable bonds is 2. The highest BCUT2D eigenvalue weighted by molar-refractivity contribution is 6.32. The predicted molar refractivity (Wildman–Crippen MR) is 97.3 cm³/mol. The first-order valence-corrected chi connectivity index (χ1v) is 8.43. The molecule has 6 nitrogen and oxygen atoms in total. The topological polar surface area (TPSA) is 79.0 Å². The molecule has 0 fully saturated rings. The van der Waals surface area contributed by atoms with Crippen molar-refractivity contribution in [2.45, 2.75) is 19.4 Å². The van der Waals surface area contributed by atoms with Crippen LogP contribution in [0.4, 0.5) is 10.6 Å². The number of para-hydroxylation sites is 1. The van der Waals surface area contributed by atoms with Gasteiger partial charge < -0.3 is 15.0 Å². The van der Waals surface area contributed by atoms with E-state index in [0.717, 1.165) is 22.3 Å². The Balaban J connectivity index is 1.50. The lowest BCUT2D eigenvalue weighted by atomic mass is 10.0. The first-order valence-electron chi connectivity index (χ1n) is 8.05. The summed E-state index contributed by atoms with van der Waals surface area (Å²) >= 11 is 6.16. The Bertz CT molecular complexity index is 953. The number of anilines is 1. The lowest BCUT2D eigenvalue weighted by Crippen LogP contribution is -2.35. The maximum atomic E-state index is 12.4. The van der Waals surface area contributed by atoms with Crippen molar-refractivity contribution in [3.8, 4) is 5.75 Å². The quantitative estimate of drug-likeness (QED) is 0.644. The summed E-state index contributed by atoms with van der Waals surface area (Å²) in [7, 11) is 0. The maximum Gasteiger partial charge on any atom is 0.320 e. The summed E-state index contributed by atoms with van der Waals surface area (Å²) in [5.41, 5.74) is 2.66. The van der Waals surface area contributed by atoms with Gasteiger partial charge >= 0.3 is 6.03 Å². The summed E-state index contributed by atoms with van der Waals surface area (Å²) in [5, 5.41) is 7.31. The molecule has 1 aliphatic rings. The molecule has 0 unspecified atom stereocenters. The van der Waals surface area contributed by atoms with Crippen LogP contribution in [0.2, 0.25) is 5.02 Å². The minimum Gasteiger partial charge on any atom is -0.492 e. The number of urea groups is 1. The number of nitrogens with zero attached hydrogens (tertiary/aromatic N) is 1. The van der Waals surface area contributed by atoms with E-state index in [4.69, 9.17) is 16.3 Å². The molecule has 0 bridgehead atoms. The zero-order chi connectivity index (χ0) is 17.4. The van der Waals surface area contributed by atoms with E-state index in [1.807, 2.05) is 31.2 Å². The van der Waals surface area contributed by atoms with Crippen LogP contribution in [0, 0.1) is 6.92 Å². The fourth-order valence-electron chi connectivity index (χ4n) is 3.06. The van der Waals surface area contributed by atoms with Crippen LogP contribution in [-0.2, 0) is 0 Å². The number of pyridine rings is 1. The van der Waals surface area contributed by atoms with E-state index in [-0.39, 0.29) is 12.1 Å². The first-order chi connectivity index (χ1) is 12.1. The van der Waals surface area contributed by atoms with Gasteiger partial charge in [-0.2, -0.15) is 0 Å². The van der Waals surface area contributed by atoms with Gasteiger partial charge in [-0.1, -0.05) is 23.7 Å². The Hall–Kier alpha value is -2.73. The summed E-state index contributed by atoms with van der Waals surface area (Å²) in [6, 6.07) is 10.8. The average Bonchev–Trinajstić information content (AvgIpc) is 2.95. The highest BCUT2D eigenvalue weighted by Gasteiger charge is 2.24. The number of hydrogen-bond acceptors (Lipinski definition) is 3.